The van der Waals surface area contributed by atoms with Crippen LogP contribution in [0.5, 0.6) is 0 Å². The zero-order valence-corrected chi connectivity index (χ0v) is 8.96. The van der Waals surface area contributed by atoms with E-state index >= 15 is 0 Å². The largest absolute Gasteiger partial charge is 0.263 e. The number of aromatic amines is 1. The Labute approximate surface area is 80.0 Å². The minimum Gasteiger partial charge on any atom is -0.263 e. The van der Waals surface area contributed by atoms with Crippen molar-refractivity contribution < 1.29 is 0 Å². The van der Waals surface area contributed by atoms with Crippen molar-refractivity contribution in [1.82, 2.24) is 15.2 Å². The van der Waals surface area contributed by atoms with Crippen LogP contribution in [-0.4, -0.2) is 15.2 Å². The van der Waals surface area contributed by atoms with E-state index in [1.165, 1.54) is 6.42 Å². The van der Waals surface area contributed by atoms with Crippen LogP contribution in [0.1, 0.15) is 51.7 Å². The van der Waals surface area contributed by atoms with Gasteiger partial charge >= 0.3 is 0 Å². The molecule has 0 aliphatic carbocycles. The molecule has 1 heterocycles. The first-order valence-corrected chi connectivity index (χ1v) is 5.04. The van der Waals surface area contributed by atoms with Crippen molar-refractivity contribution in [3.8, 4) is 0 Å². The quantitative estimate of drug-likeness (QED) is 0.775. The second kappa shape index (κ2) is 4.40. The third-order valence-electron chi connectivity index (χ3n) is 2.30. The molecule has 1 N–H and O–H groups in total. The van der Waals surface area contributed by atoms with Gasteiger partial charge in [0, 0.05) is 12.3 Å². The van der Waals surface area contributed by atoms with Gasteiger partial charge in [-0.05, 0) is 5.92 Å². The number of nitrogens with one attached hydrogen (secondary N) is 1. The van der Waals surface area contributed by atoms with Crippen LogP contribution >= 0.6 is 0 Å². The molecule has 0 saturated carbocycles. The molecule has 74 valence electrons. The van der Waals surface area contributed by atoms with Crippen molar-refractivity contribution in [2.45, 2.75) is 46.5 Å². The molecule has 1 aromatic heterocycles. The van der Waals surface area contributed by atoms with Crippen molar-refractivity contribution in [3.63, 3.8) is 0 Å². The number of rotatable bonds is 4. The van der Waals surface area contributed by atoms with Crippen molar-refractivity contribution in [3.05, 3.63) is 11.6 Å². The van der Waals surface area contributed by atoms with E-state index in [1.54, 1.807) is 0 Å². The summed E-state index contributed by atoms with van der Waals surface area (Å²) in [7, 11) is 0. The lowest BCUT2D eigenvalue weighted by molar-refractivity contribution is 0.544. The van der Waals surface area contributed by atoms with Crippen LogP contribution in [0.2, 0.25) is 0 Å². The second-order valence-electron chi connectivity index (χ2n) is 4.01. The van der Waals surface area contributed by atoms with Gasteiger partial charge in [0.25, 0.3) is 0 Å². The lowest BCUT2D eigenvalue weighted by atomic mass is 10.1. The summed E-state index contributed by atoms with van der Waals surface area (Å²) in [5.74, 6) is 3.06. The minimum absolute atomic E-state index is 0.418. The van der Waals surface area contributed by atoms with Crippen LogP contribution in [0.25, 0.3) is 0 Å². The van der Waals surface area contributed by atoms with Gasteiger partial charge in [-0.15, -0.1) is 0 Å². The molecule has 13 heavy (non-hydrogen) atoms. The summed E-state index contributed by atoms with van der Waals surface area (Å²) in [6, 6.07) is 0. The molecule has 0 spiro atoms. The second-order valence-corrected chi connectivity index (χ2v) is 4.01. The Morgan fingerprint density at radius 2 is 2.00 bits per heavy atom. The summed E-state index contributed by atoms with van der Waals surface area (Å²) in [6.45, 7) is 8.65. The Hall–Kier alpha value is -0.860. The van der Waals surface area contributed by atoms with E-state index in [1.807, 2.05) is 0 Å². The van der Waals surface area contributed by atoms with Gasteiger partial charge in [0.2, 0.25) is 0 Å². The Morgan fingerprint density at radius 1 is 1.31 bits per heavy atom. The summed E-state index contributed by atoms with van der Waals surface area (Å²) < 4.78 is 0. The zero-order chi connectivity index (χ0) is 9.84. The number of H-pyrrole nitrogens is 1. The molecular weight excluding hydrogens is 162 g/mol. The van der Waals surface area contributed by atoms with Crippen molar-refractivity contribution in [2.75, 3.05) is 0 Å². The maximum atomic E-state index is 4.43. The van der Waals surface area contributed by atoms with Crippen molar-refractivity contribution >= 4 is 0 Å². The Balaban J connectivity index is 2.58. The molecular formula is C10H19N3. The SMILES string of the molecule is CCC(C)Cc1nc(C(C)C)n[nH]1. The average molecular weight is 181 g/mol. The summed E-state index contributed by atoms with van der Waals surface area (Å²) in [6.07, 6.45) is 2.20. The van der Waals surface area contributed by atoms with Crippen LogP contribution in [0, 0.1) is 5.92 Å². The summed E-state index contributed by atoms with van der Waals surface area (Å²) in [5, 5.41) is 7.16. The topological polar surface area (TPSA) is 41.6 Å². The maximum Gasteiger partial charge on any atom is 0.153 e. The summed E-state index contributed by atoms with van der Waals surface area (Å²) >= 11 is 0. The fourth-order valence-corrected chi connectivity index (χ4v) is 1.13. The molecule has 3 nitrogen and oxygen atoms in total. The molecule has 1 aromatic rings. The van der Waals surface area contributed by atoms with E-state index in [4.69, 9.17) is 0 Å². The molecule has 0 aromatic carbocycles. The van der Waals surface area contributed by atoms with Gasteiger partial charge in [0.05, 0.1) is 0 Å². The van der Waals surface area contributed by atoms with Crippen LogP contribution < -0.4 is 0 Å². The first-order chi connectivity index (χ1) is 6.13. The predicted octanol–water partition coefficient (Wildman–Crippen LogP) is 2.52. The van der Waals surface area contributed by atoms with Gasteiger partial charge in [-0.2, -0.15) is 5.10 Å². The van der Waals surface area contributed by atoms with Gasteiger partial charge in [0.15, 0.2) is 5.82 Å². The molecule has 0 fully saturated rings. The van der Waals surface area contributed by atoms with E-state index < -0.39 is 0 Å². The van der Waals surface area contributed by atoms with Gasteiger partial charge in [0.1, 0.15) is 5.82 Å². The standard InChI is InChI=1S/C10H19N3/c1-5-8(4)6-9-11-10(7(2)3)13-12-9/h7-8H,5-6H2,1-4H3,(H,11,12,13). The molecule has 0 aliphatic heterocycles. The van der Waals surface area contributed by atoms with E-state index in [0.29, 0.717) is 11.8 Å². The number of hydrogen-bond donors (Lipinski definition) is 1. The van der Waals surface area contributed by atoms with Crippen LogP contribution in [-0.2, 0) is 6.42 Å². The van der Waals surface area contributed by atoms with Gasteiger partial charge in [-0.25, -0.2) is 4.98 Å². The van der Waals surface area contributed by atoms with Crippen molar-refractivity contribution in [1.29, 1.82) is 0 Å². The minimum atomic E-state index is 0.418. The first-order valence-electron chi connectivity index (χ1n) is 5.04. The molecule has 3 heteroatoms. The van der Waals surface area contributed by atoms with E-state index in [2.05, 4.69) is 42.9 Å². The highest BCUT2D eigenvalue weighted by atomic mass is 15.2. The number of aromatic nitrogens is 3. The molecule has 1 unspecified atom stereocenters. The van der Waals surface area contributed by atoms with Gasteiger partial charge in [-0.3, -0.25) is 5.10 Å². The third kappa shape index (κ3) is 2.83. The highest BCUT2D eigenvalue weighted by Crippen LogP contribution is 2.11. The smallest absolute Gasteiger partial charge is 0.153 e. The fraction of sp³-hybridized carbons (Fsp3) is 0.800. The molecule has 0 radical (unpaired) electrons. The molecule has 0 aliphatic rings. The van der Waals surface area contributed by atoms with Gasteiger partial charge < -0.3 is 0 Å². The number of hydrogen-bond acceptors (Lipinski definition) is 2. The molecule has 0 amide bonds. The van der Waals surface area contributed by atoms with Crippen molar-refractivity contribution in [2.24, 2.45) is 5.92 Å². The maximum absolute atomic E-state index is 4.43. The molecule has 0 saturated heterocycles. The average Bonchev–Trinajstić information content (AvgIpc) is 2.52. The molecule has 0 bridgehead atoms. The molecule has 1 rings (SSSR count). The summed E-state index contributed by atoms with van der Waals surface area (Å²) in [5.41, 5.74) is 0. The number of nitrogens with zero attached hydrogens (tertiary/aromatic N) is 2. The highest BCUT2D eigenvalue weighted by molar-refractivity contribution is 4.95. The first kappa shape index (κ1) is 10.2. The monoisotopic (exact) mass is 181 g/mol. The third-order valence-corrected chi connectivity index (χ3v) is 2.30. The Morgan fingerprint density at radius 3 is 2.46 bits per heavy atom. The lowest BCUT2D eigenvalue weighted by Crippen LogP contribution is -1.99. The van der Waals surface area contributed by atoms with E-state index in [0.717, 1.165) is 18.1 Å². The normalized spacial score (nSPS) is 13.6. The highest BCUT2D eigenvalue weighted by Gasteiger charge is 2.08. The molecule has 1 atom stereocenters. The van der Waals surface area contributed by atoms with E-state index in [-0.39, 0.29) is 0 Å². The van der Waals surface area contributed by atoms with Crippen LogP contribution in [0.4, 0.5) is 0 Å². The lowest BCUT2D eigenvalue weighted by Gasteiger charge is -2.03. The Bertz CT molecular complexity index is 252. The van der Waals surface area contributed by atoms with Crippen LogP contribution in [0.15, 0.2) is 0 Å². The van der Waals surface area contributed by atoms with Gasteiger partial charge in [-0.1, -0.05) is 34.1 Å². The zero-order valence-electron chi connectivity index (χ0n) is 8.96. The van der Waals surface area contributed by atoms with E-state index in [9.17, 15) is 0 Å². The fourth-order valence-electron chi connectivity index (χ4n) is 1.13. The van der Waals surface area contributed by atoms with Crippen LogP contribution in [0.3, 0.4) is 0 Å². The predicted molar refractivity (Wildman–Crippen MR) is 53.6 cm³/mol. The Kier molecular flexibility index (Phi) is 3.46. The summed E-state index contributed by atoms with van der Waals surface area (Å²) in [4.78, 5) is 4.43.